The van der Waals surface area contributed by atoms with Crippen LogP contribution in [0.1, 0.15) is 66.4 Å². The van der Waals surface area contributed by atoms with E-state index in [2.05, 4.69) is 30.0 Å². The number of thiophene rings is 2. The molecule has 0 N–H and O–H groups in total. The van der Waals surface area contributed by atoms with Crippen LogP contribution in [0.25, 0.3) is 9.75 Å². The Morgan fingerprint density at radius 1 is 1.04 bits per heavy atom. The molecule has 2 saturated carbocycles. The third-order valence-electron chi connectivity index (χ3n) is 5.77. The normalized spacial score (nSPS) is 21.8. The van der Waals surface area contributed by atoms with Gasteiger partial charge in [-0.25, -0.2) is 0 Å². The number of rotatable bonds is 3. The molecule has 2 aromatic heterocycles. The smallest absolute Gasteiger partial charge is 0.176 e. The molecule has 24 heavy (non-hydrogen) atoms. The topological polar surface area (TPSA) is 17.1 Å². The maximum absolute atomic E-state index is 13.2. The summed E-state index contributed by atoms with van der Waals surface area (Å²) in [7, 11) is 0. The van der Waals surface area contributed by atoms with Gasteiger partial charge in [-0.15, -0.1) is 28.6 Å². The van der Waals surface area contributed by atoms with Crippen LogP contribution in [0.5, 0.6) is 0 Å². The first kappa shape index (κ1) is 16.1. The molecule has 2 aliphatic carbocycles. The van der Waals surface area contributed by atoms with E-state index in [4.69, 9.17) is 0 Å². The molecule has 1 unspecified atom stereocenters. The van der Waals surface area contributed by atoms with Crippen molar-refractivity contribution in [3.05, 3.63) is 34.0 Å². The van der Waals surface area contributed by atoms with Crippen LogP contribution in [0.2, 0.25) is 0 Å². The molecule has 1 nitrogen and oxygen atoms in total. The van der Waals surface area contributed by atoms with Gasteiger partial charge in [0.15, 0.2) is 5.78 Å². The predicted octanol–water partition coefficient (Wildman–Crippen LogP) is 6.39. The van der Waals surface area contributed by atoms with Crippen molar-refractivity contribution in [2.24, 2.45) is 11.3 Å². The summed E-state index contributed by atoms with van der Waals surface area (Å²) in [6, 6.07) is 8.36. The fourth-order valence-corrected chi connectivity index (χ4v) is 6.66. The maximum atomic E-state index is 13.2. The van der Waals surface area contributed by atoms with Crippen molar-refractivity contribution in [3.8, 4) is 21.6 Å². The Bertz CT molecular complexity index is 803. The summed E-state index contributed by atoms with van der Waals surface area (Å²) in [6.45, 7) is 1.86. The minimum atomic E-state index is 0.274. The largest absolute Gasteiger partial charge is 0.293 e. The zero-order chi connectivity index (χ0) is 16.6. The molecular formula is C21H22OS2. The van der Waals surface area contributed by atoms with E-state index in [1.807, 2.05) is 13.0 Å². The fourth-order valence-electron chi connectivity index (χ4n) is 4.66. The van der Waals surface area contributed by atoms with Crippen molar-refractivity contribution >= 4 is 28.5 Å². The Balaban J connectivity index is 1.57. The van der Waals surface area contributed by atoms with Crippen molar-refractivity contribution in [2.45, 2.75) is 51.9 Å². The first-order valence-corrected chi connectivity index (χ1v) is 10.5. The lowest BCUT2D eigenvalue weighted by atomic mass is 9.74. The fraction of sp³-hybridized carbons (Fsp3) is 0.476. The number of hydrogen-bond donors (Lipinski definition) is 0. The molecule has 0 aliphatic heterocycles. The zero-order valence-corrected chi connectivity index (χ0v) is 15.7. The second kappa shape index (κ2) is 6.50. The Kier molecular flexibility index (Phi) is 4.37. The molecule has 0 aromatic carbocycles. The predicted molar refractivity (Wildman–Crippen MR) is 103 cm³/mol. The summed E-state index contributed by atoms with van der Waals surface area (Å²) in [4.78, 5) is 17.6. The Morgan fingerprint density at radius 3 is 2.54 bits per heavy atom. The minimum Gasteiger partial charge on any atom is -0.293 e. The van der Waals surface area contributed by atoms with Crippen molar-refractivity contribution < 1.29 is 4.79 Å². The van der Waals surface area contributed by atoms with Gasteiger partial charge in [0.25, 0.3) is 0 Å². The van der Waals surface area contributed by atoms with Crippen molar-refractivity contribution in [2.75, 3.05) is 0 Å². The maximum Gasteiger partial charge on any atom is 0.176 e. The zero-order valence-electron chi connectivity index (χ0n) is 14.1. The highest BCUT2D eigenvalue weighted by molar-refractivity contribution is 7.23. The average Bonchev–Trinajstić information content (AvgIpc) is 3.36. The van der Waals surface area contributed by atoms with Gasteiger partial charge in [0.1, 0.15) is 0 Å². The molecule has 1 spiro atoms. The van der Waals surface area contributed by atoms with E-state index >= 15 is 0 Å². The molecule has 1 atom stereocenters. The monoisotopic (exact) mass is 354 g/mol. The van der Waals surface area contributed by atoms with E-state index < -0.39 is 0 Å². The van der Waals surface area contributed by atoms with Crippen LogP contribution in [0.4, 0.5) is 0 Å². The minimum absolute atomic E-state index is 0.274. The van der Waals surface area contributed by atoms with E-state index in [-0.39, 0.29) is 5.92 Å². The van der Waals surface area contributed by atoms with Gasteiger partial charge in [0, 0.05) is 15.7 Å². The first-order chi connectivity index (χ1) is 11.7. The summed E-state index contributed by atoms with van der Waals surface area (Å²) in [5, 5.41) is 0. The van der Waals surface area contributed by atoms with Gasteiger partial charge in [0.2, 0.25) is 0 Å². The Hall–Kier alpha value is -1.37. The standard InChI is InChI=1S/C21H22OS2/c1-2-6-15-8-9-17(23-15)18-10-11-19(24-18)20(22)16-7-5-14-21(16)12-3-4-13-21/h8-11,16H,3-5,7,12-14H2,1H3. The molecule has 2 aromatic rings. The molecule has 0 saturated heterocycles. The SMILES string of the molecule is CC#Cc1ccc(-c2ccc(C(=O)C3CCCC34CCCC4)s2)s1. The number of hydrogen-bond acceptors (Lipinski definition) is 3. The van der Waals surface area contributed by atoms with Crippen LogP contribution in [-0.4, -0.2) is 5.78 Å². The van der Waals surface area contributed by atoms with Gasteiger partial charge >= 0.3 is 0 Å². The van der Waals surface area contributed by atoms with Gasteiger partial charge in [0.05, 0.1) is 9.75 Å². The highest BCUT2D eigenvalue weighted by atomic mass is 32.1. The highest BCUT2D eigenvalue weighted by Crippen LogP contribution is 2.55. The average molecular weight is 355 g/mol. The van der Waals surface area contributed by atoms with Crippen LogP contribution in [0.15, 0.2) is 24.3 Å². The van der Waals surface area contributed by atoms with E-state index in [0.29, 0.717) is 11.2 Å². The number of carbonyl (C=O) groups excluding carboxylic acids is 1. The van der Waals surface area contributed by atoms with Crippen molar-refractivity contribution in [3.63, 3.8) is 0 Å². The molecule has 4 rings (SSSR count). The summed E-state index contributed by atoms with van der Waals surface area (Å²) >= 11 is 3.38. The lowest BCUT2D eigenvalue weighted by Crippen LogP contribution is -2.28. The highest BCUT2D eigenvalue weighted by Gasteiger charge is 2.48. The summed E-state index contributed by atoms with van der Waals surface area (Å²) in [5.74, 6) is 6.75. The first-order valence-electron chi connectivity index (χ1n) is 8.89. The summed E-state index contributed by atoms with van der Waals surface area (Å²) in [5.41, 5.74) is 0.341. The van der Waals surface area contributed by atoms with Gasteiger partial charge in [-0.2, -0.15) is 0 Å². The molecule has 0 radical (unpaired) electrons. The third kappa shape index (κ3) is 2.76. The third-order valence-corrected chi connectivity index (χ3v) is 8.06. The molecule has 2 fully saturated rings. The van der Waals surface area contributed by atoms with Gasteiger partial charge in [-0.1, -0.05) is 25.2 Å². The second-order valence-corrected chi connectivity index (χ2v) is 9.25. The van der Waals surface area contributed by atoms with Crippen molar-refractivity contribution in [1.82, 2.24) is 0 Å². The van der Waals surface area contributed by atoms with Crippen molar-refractivity contribution in [1.29, 1.82) is 0 Å². The number of ketones is 1. The number of Topliss-reactive ketones (excluding diaryl/α,β-unsaturated/α-hetero) is 1. The summed E-state index contributed by atoms with van der Waals surface area (Å²) < 4.78 is 0. The van der Waals surface area contributed by atoms with Gasteiger partial charge in [-0.3, -0.25) is 4.79 Å². The van der Waals surface area contributed by atoms with E-state index in [9.17, 15) is 4.79 Å². The molecule has 2 heterocycles. The molecule has 3 heteroatoms. The summed E-state index contributed by atoms with van der Waals surface area (Å²) in [6.07, 6.45) is 8.77. The molecular weight excluding hydrogens is 332 g/mol. The molecule has 124 valence electrons. The Morgan fingerprint density at radius 2 is 1.75 bits per heavy atom. The molecule has 0 amide bonds. The number of carbonyl (C=O) groups is 1. The van der Waals surface area contributed by atoms with Gasteiger partial charge < -0.3 is 0 Å². The lowest BCUT2D eigenvalue weighted by molar-refractivity contribution is 0.0808. The van der Waals surface area contributed by atoms with Crippen LogP contribution in [0.3, 0.4) is 0 Å². The van der Waals surface area contributed by atoms with Gasteiger partial charge in [-0.05, 0) is 62.3 Å². The van der Waals surface area contributed by atoms with Crippen LogP contribution in [0, 0.1) is 23.2 Å². The van der Waals surface area contributed by atoms with Crippen LogP contribution < -0.4 is 0 Å². The van der Waals surface area contributed by atoms with E-state index in [0.717, 1.165) is 16.2 Å². The molecule has 0 bridgehead atoms. The quantitative estimate of drug-likeness (QED) is 0.461. The second-order valence-electron chi connectivity index (χ2n) is 7.08. The lowest BCUT2D eigenvalue weighted by Gasteiger charge is -2.29. The Labute approximate surface area is 152 Å². The van der Waals surface area contributed by atoms with Crippen LogP contribution >= 0.6 is 22.7 Å². The molecule has 2 aliphatic rings. The van der Waals surface area contributed by atoms with Crippen LogP contribution in [-0.2, 0) is 0 Å². The van der Waals surface area contributed by atoms with E-state index in [1.54, 1.807) is 22.7 Å². The van der Waals surface area contributed by atoms with E-state index in [1.165, 1.54) is 48.3 Å².